The predicted molar refractivity (Wildman–Crippen MR) is 95.7 cm³/mol. The normalized spacial score (nSPS) is 18.4. The highest BCUT2D eigenvalue weighted by Crippen LogP contribution is 2.44. The molecule has 1 aliphatic heterocycles. The highest BCUT2D eigenvalue weighted by molar-refractivity contribution is 5.86. The number of carboxylic acid groups (broad SMARTS) is 1. The summed E-state index contributed by atoms with van der Waals surface area (Å²) in [5.41, 5.74) is 6.77. The Bertz CT molecular complexity index is 881. The van der Waals surface area contributed by atoms with Gasteiger partial charge >= 0.3 is 12.1 Å². The number of hydrazine groups is 1. The topological polar surface area (TPSA) is 95.9 Å². The van der Waals surface area contributed by atoms with E-state index in [1.165, 1.54) is 0 Å². The Hall–Kier alpha value is -3.35. The van der Waals surface area contributed by atoms with E-state index >= 15 is 0 Å². The summed E-state index contributed by atoms with van der Waals surface area (Å²) in [4.78, 5) is 35.2. The third-order valence-corrected chi connectivity index (χ3v) is 5.00. The van der Waals surface area contributed by atoms with E-state index in [0.717, 1.165) is 27.3 Å². The fraction of sp³-hybridized carbons (Fsp3) is 0.250. The molecular weight excluding hydrogens is 348 g/mol. The molecule has 4 rings (SSSR count). The van der Waals surface area contributed by atoms with E-state index in [2.05, 4.69) is 5.43 Å². The molecule has 2 amide bonds. The monoisotopic (exact) mass is 366 g/mol. The Morgan fingerprint density at radius 1 is 1.07 bits per heavy atom. The molecule has 1 unspecified atom stereocenters. The summed E-state index contributed by atoms with van der Waals surface area (Å²) in [5.74, 6) is -2.65. The minimum absolute atomic E-state index is 0.0999. The molecule has 2 N–H and O–H groups in total. The molecule has 2 aliphatic rings. The van der Waals surface area contributed by atoms with Crippen molar-refractivity contribution >= 4 is 18.0 Å². The van der Waals surface area contributed by atoms with Gasteiger partial charge in [-0.2, -0.15) is 0 Å². The molecule has 0 saturated carbocycles. The smallest absolute Gasteiger partial charge is 0.428 e. The van der Waals surface area contributed by atoms with Gasteiger partial charge in [0, 0.05) is 12.3 Å². The van der Waals surface area contributed by atoms with E-state index in [9.17, 15) is 14.4 Å². The molecule has 7 nitrogen and oxygen atoms in total. The molecular formula is C20H18N2O5. The van der Waals surface area contributed by atoms with Gasteiger partial charge in [-0.15, -0.1) is 0 Å². The van der Waals surface area contributed by atoms with Crippen LogP contribution in [0.3, 0.4) is 0 Å². The van der Waals surface area contributed by atoms with Gasteiger partial charge in [-0.3, -0.25) is 15.0 Å². The molecule has 2 aromatic carbocycles. The number of hydrogen-bond donors (Lipinski definition) is 2. The lowest BCUT2D eigenvalue weighted by Crippen LogP contribution is -2.54. The van der Waals surface area contributed by atoms with Gasteiger partial charge in [-0.25, -0.2) is 9.80 Å². The van der Waals surface area contributed by atoms with Crippen molar-refractivity contribution in [3.05, 3.63) is 59.7 Å². The van der Waals surface area contributed by atoms with Crippen LogP contribution in [0.1, 0.15) is 23.5 Å². The van der Waals surface area contributed by atoms with Crippen LogP contribution >= 0.6 is 0 Å². The minimum atomic E-state index is -1.11. The first-order valence-corrected chi connectivity index (χ1v) is 8.69. The maximum Gasteiger partial charge on any atom is 0.428 e. The van der Waals surface area contributed by atoms with Crippen molar-refractivity contribution in [2.45, 2.75) is 12.3 Å². The second kappa shape index (κ2) is 6.75. The molecule has 2 aromatic rings. The number of aliphatic carboxylic acids is 1. The number of benzene rings is 2. The van der Waals surface area contributed by atoms with Gasteiger partial charge in [0.15, 0.2) is 0 Å². The second-order valence-corrected chi connectivity index (χ2v) is 6.69. The molecule has 1 heterocycles. The van der Waals surface area contributed by atoms with Crippen LogP contribution in [0.15, 0.2) is 48.5 Å². The van der Waals surface area contributed by atoms with Crippen molar-refractivity contribution in [1.82, 2.24) is 10.4 Å². The van der Waals surface area contributed by atoms with Crippen LogP contribution in [0.25, 0.3) is 11.1 Å². The number of fused-ring (bicyclic) bond motifs is 3. The average molecular weight is 366 g/mol. The first kappa shape index (κ1) is 17.1. The summed E-state index contributed by atoms with van der Waals surface area (Å²) < 4.78 is 5.43. The third kappa shape index (κ3) is 3.12. The van der Waals surface area contributed by atoms with E-state index in [-0.39, 0.29) is 25.5 Å². The number of carbonyl (C=O) groups excluding carboxylic acids is 2. The SMILES string of the molecule is O=C1CC(C(=O)O)CN(C(=O)OCC2c3ccccc3-c3ccccc32)N1. The molecule has 0 aromatic heterocycles. The number of carboxylic acids is 1. The maximum atomic E-state index is 12.4. The van der Waals surface area contributed by atoms with Crippen LogP contribution in [0.4, 0.5) is 4.79 Å². The van der Waals surface area contributed by atoms with E-state index in [0.29, 0.717) is 0 Å². The van der Waals surface area contributed by atoms with Crippen LogP contribution in [-0.2, 0) is 14.3 Å². The third-order valence-electron chi connectivity index (χ3n) is 5.00. The molecule has 1 fully saturated rings. The highest BCUT2D eigenvalue weighted by Gasteiger charge is 2.34. The number of ether oxygens (including phenoxy) is 1. The lowest BCUT2D eigenvalue weighted by molar-refractivity contribution is -0.148. The lowest BCUT2D eigenvalue weighted by Gasteiger charge is -2.30. The van der Waals surface area contributed by atoms with Crippen LogP contribution in [-0.4, -0.2) is 41.2 Å². The molecule has 27 heavy (non-hydrogen) atoms. The van der Waals surface area contributed by atoms with E-state index in [4.69, 9.17) is 9.84 Å². The number of nitrogens with one attached hydrogen (secondary N) is 1. The van der Waals surface area contributed by atoms with Crippen molar-refractivity contribution in [2.24, 2.45) is 5.92 Å². The summed E-state index contributed by atoms with van der Waals surface area (Å²) >= 11 is 0. The summed E-state index contributed by atoms with van der Waals surface area (Å²) in [6.07, 6.45) is -0.904. The summed E-state index contributed by atoms with van der Waals surface area (Å²) in [6, 6.07) is 15.9. The van der Waals surface area contributed by atoms with Gasteiger partial charge in [0.25, 0.3) is 0 Å². The lowest BCUT2D eigenvalue weighted by atomic mass is 9.98. The average Bonchev–Trinajstić information content (AvgIpc) is 2.99. The fourth-order valence-corrected chi connectivity index (χ4v) is 3.71. The first-order valence-electron chi connectivity index (χ1n) is 8.69. The van der Waals surface area contributed by atoms with Crippen LogP contribution in [0.5, 0.6) is 0 Å². The van der Waals surface area contributed by atoms with Crippen molar-refractivity contribution in [2.75, 3.05) is 13.2 Å². The van der Waals surface area contributed by atoms with Crippen molar-refractivity contribution < 1.29 is 24.2 Å². The number of carbonyl (C=O) groups is 3. The highest BCUT2D eigenvalue weighted by atomic mass is 16.6. The maximum absolute atomic E-state index is 12.4. The largest absolute Gasteiger partial charge is 0.481 e. The number of rotatable bonds is 3. The van der Waals surface area contributed by atoms with Gasteiger partial charge in [0.1, 0.15) is 6.61 Å². The van der Waals surface area contributed by atoms with Crippen molar-refractivity contribution in [3.63, 3.8) is 0 Å². The van der Waals surface area contributed by atoms with E-state index in [1.807, 2.05) is 48.5 Å². The molecule has 7 heteroatoms. The van der Waals surface area contributed by atoms with Gasteiger partial charge in [0.2, 0.25) is 5.91 Å². The standard InChI is InChI=1S/C20H18N2O5/c23-18-9-12(19(24)25)10-22(21-18)20(26)27-11-17-15-7-3-1-5-13(15)14-6-2-4-8-16(14)17/h1-8,12,17H,9-11H2,(H,21,23)(H,24,25). The molecule has 138 valence electrons. The number of nitrogens with zero attached hydrogens (tertiary/aromatic N) is 1. The summed E-state index contributed by atoms with van der Waals surface area (Å²) in [5, 5.41) is 10.1. The molecule has 0 spiro atoms. The molecule has 0 radical (unpaired) electrons. The van der Waals surface area contributed by atoms with Crippen molar-refractivity contribution in [3.8, 4) is 11.1 Å². The Kier molecular flexibility index (Phi) is 4.27. The molecule has 1 aliphatic carbocycles. The molecule has 1 atom stereocenters. The zero-order valence-corrected chi connectivity index (χ0v) is 14.4. The Morgan fingerprint density at radius 2 is 1.67 bits per heavy atom. The van der Waals surface area contributed by atoms with Crippen LogP contribution in [0, 0.1) is 5.92 Å². The van der Waals surface area contributed by atoms with E-state index < -0.39 is 23.9 Å². The minimum Gasteiger partial charge on any atom is -0.481 e. The molecule has 0 bridgehead atoms. The first-order chi connectivity index (χ1) is 13.0. The quantitative estimate of drug-likeness (QED) is 0.869. The Balaban J connectivity index is 1.50. The van der Waals surface area contributed by atoms with Gasteiger partial charge in [-0.05, 0) is 22.3 Å². The van der Waals surface area contributed by atoms with Crippen LogP contribution in [0.2, 0.25) is 0 Å². The predicted octanol–water partition coefficient (Wildman–Crippen LogP) is 2.37. The number of amides is 2. The van der Waals surface area contributed by atoms with Crippen LogP contribution < -0.4 is 5.43 Å². The Morgan fingerprint density at radius 3 is 2.26 bits per heavy atom. The fourth-order valence-electron chi connectivity index (χ4n) is 3.71. The van der Waals surface area contributed by atoms with E-state index in [1.54, 1.807) is 0 Å². The zero-order valence-electron chi connectivity index (χ0n) is 14.4. The van der Waals surface area contributed by atoms with Gasteiger partial charge < -0.3 is 9.84 Å². The number of hydrogen-bond acceptors (Lipinski definition) is 4. The summed E-state index contributed by atoms with van der Waals surface area (Å²) in [6.45, 7) is -0.00524. The summed E-state index contributed by atoms with van der Waals surface area (Å²) in [7, 11) is 0. The van der Waals surface area contributed by atoms with Crippen molar-refractivity contribution in [1.29, 1.82) is 0 Å². The van der Waals surface area contributed by atoms with Gasteiger partial charge in [0.05, 0.1) is 12.5 Å². The Labute approximate surface area is 155 Å². The zero-order chi connectivity index (χ0) is 19.0. The van der Waals surface area contributed by atoms with Gasteiger partial charge in [-0.1, -0.05) is 48.5 Å². The molecule has 1 saturated heterocycles. The second-order valence-electron chi connectivity index (χ2n) is 6.69.